The van der Waals surface area contributed by atoms with Crippen molar-refractivity contribution in [3.63, 3.8) is 0 Å². The molecule has 2 aliphatic heterocycles. The van der Waals surface area contributed by atoms with Gasteiger partial charge in [-0.3, -0.25) is 4.79 Å². The van der Waals surface area contributed by atoms with Gasteiger partial charge in [-0.25, -0.2) is 0 Å². The van der Waals surface area contributed by atoms with Crippen LogP contribution in [0.25, 0.3) is 0 Å². The zero-order valence-corrected chi connectivity index (χ0v) is 8.57. The molecule has 2 fully saturated rings. The Bertz CT molecular complexity index is 226. The van der Waals surface area contributed by atoms with Crippen molar-refractivity contribution in [1.82, 2.24) is 10.2 Å². The molecule has 2 aliphatic rings. The maximum atomic E-state index is 11.8. The van der Waals surface area contributed by atoms with Crippen LogP contribution in [0.15, 0.2) is 0 Å². The Morgan fingerprint density at radius 1 is 1.43 bits per heavy atom. The van der Waals surface area contributed by atoms with Crippen molar-refractivity contribution < 1.29 is 9.90 Å². The maximum absolute atomic E-state index is 11.8. The third kappa shape index (κ3) is 1.91. The minimum Gasteiger partial charge on any atom is -0.389 e. The average molecular weight is 198 g/mol. The molecule has 4 nitrogen and oxygen atoms in total. The lowest BCUT2D eigenvalue weighted by molar-refractivity contribution is -0.146. The van der Waals surface area contributed by atoms with Crippen LogP contribution >= 0.6 is 0 Å². The summed E-state index contributed by atoms with van der Waals surface area (Å²) < 4.78 is 0. The van der Waals surface area contributed by atoms with Crippen LogP contribution in [0.4, 0.5) is 0 Å². The highest BCUT2D eigenvalue weighted by Gasteiger charge is 2.34. The van der Waals surface area contributed by atoms with Crippen LogP contribution in [-0.4, -0.2) is 48.2 Å². The zero-order chi connectivity index (χ0) is 10.1. The highest BCUT2D eigenvalue weighted by atomic mass is 16.3. The molecular formula is C10H18N2O2. The van der Waals surface area contributed by atoms with Gasteiger partial charge in [-0.05, 0) is 18.9 Å². The lowest BCUT2D eigenvalue weighted by atomic mass is 9.90. The van der Waals surface area contributed by atoms with Gasteiger partial charge < -0.3 is 15.3 Å². The first-order chi connectivity index (χ1) is 6.66. The molecule has 0 spiro atoms. The number of aliphatic hydroxyl groups excluding tert-OH is 1. The number of carbonyl (C=O) groups excluding carboxylic acids is 1. The highest BCUT2D eigenvalue weighted by Crippen LogP contribution is 2.20. The van der Waals surface area contributed by atoms with Crippen molar-refractivity contribution in [2.45, 2.75) is 19.4 Å². The van der Waals surface area contributed by atoms with E-state index in [0.29, 0.717) is 19.0 Å². The molecule has 2 atom stereocenters. The SMILES string of the molecule is CC1CNCC(C(=O)N2CC(O)C2)C1. The Hall–Kier alpha value is -0.610. The summed E-state index contributed by atoms with van der Waals surface area (Å²) >= 11 is 0. The number of nitrogens with one attached hydrogen (secondary N) is 1. The van der Waals surface area contributed by atoms with Crippen LogP contribution in [0.5, 0.6) is 0 Å². The van der Waals surface area contributed by atoms with Crippen LogP contribution in [0, 0.1) is 11.8 Å². The second-order valence-corrected chi connectivity index (χ2v) is 4.59. The number of piperidine rings is 1. The number of hydrogen-bond acceptors (Lipinski definition) is 3. The Kier molecular flexibility index (Phi) is 2.74. The Morgan fingerprint density at radius 2 is 2.14 bits per heavy atom. The van der Waals surface area contributed by atoms with E-state index in [-0.39, 0.29) is 17.9 Å². The van der Waals surface area contributed by atoms with E-state index in [2.05, 4.69) is 12.2 Å². The van der Waals surface area contributed by atoms with Gasteiger partial charge in [-0.2, -0.15) is 0 Å². The summed E-state index contributed by atoms with van der Waals surface area (Å²) in [5.74, 6) is 0.935. The van der Waals surface area contributed by atoms with Crippen molar-refractivity contribution in [2.24, 2.45) is 11.8 Å². The minimum atomic E-state index is -0.284. The van der Waals surface area contributed by atoms with Gasteiger partial charge in [-0.15, -0.1) is 0 Å². The fourth-order valence-electron chi connectivity index (χ4n) is 2.24. The summed E-state index contributed by atoms with van der Waals surface area (Å²) in [4.78, 5) is 13.6. The molecule has 4 heteroatoms. The molecule has 14 heavy (non-hydrogen) atoms. The molecule has 0 aromatic rings. The number of nitrogens with zero attached hydrogens (tertiary/aromatic N) is 1. The van der Waals surface area contributed by atoms with E-state index in [0.717, 1.165) is 19.5 Å². The van der Waals surface area contributed by atoms with Crippen molar-refractivity contribution in [2.75, 3.05) is 26.2 Å². The molecule has 1 amide bonds. The van der Waals surface area contributed by atoms with Crippen LogP contribution < -0.4 is 5.32 Å². The van der Waals surface area contributed by atoms with Crippen LogP contribution in [0.3, 0.4) is 0 Å². The fraction of sp³-hybridized carbons (Fsp3) is 0.900. The van der Waals surface area contributed by atoms with Crippen LogP contribution in [-0.2, 0) is 4.79 Å². The largest absolute Gasteiger partial charge is 0.389 e. The first-order valence-corrected chi connectivity index (χ1v) is 5.34. The summed E-state index contributed by atoms with van der Waals surface area (Å²) in [5, 5.41) is 12.4. The Labute approximate surface area is 84.3 Å². The van der Waals surface area contributed by atoms with Gasteiger partial charge in [0.15, 0.2) is 0 Å². The van der Waals surface area contributed by atoms with E-state index in [1.165, 1.54) is 0 Å². The molecule has 0 aliphatic carbocycles. The van der Waals surface area contributed by atoms with E-state index >= 15 is 0 Å². The smallest absolute Gasteiger partial charge is 0.227 e. The van der Waals surface area contributed by atoms with Gasteiger partial charge in [0, 0.05) is 19.6 Å². The summed E-state index contributed by atoms with van der Waals surface area (Å²) in [6.07, 6.45) is 0.700. The van der Waals surface area contributed by atoms with E-state index in [9.17, 15) is 4.79 Å². The zero-order valence-electron chi connectivity index (χ0n) is 8.57. The number of carbonyl (C=O) groups is 1. The number of rotatable bonds is 1. The monoisotopic (exact) mass is 198 g/mol. The number of β-amino-alcohol motifs (C(OH)–C–C–N with tert-alkyl or cyclic N) is 1. The molecular weight excluding hydrogens is 180 g/mol. The van der Waals surface area contributed by atoms with Crippen molar-refractivity contribution in [3.05, 3.63) is 0 Å². The topological polar surface area (TPSA) is 52.6 Å². The lowest BCUT2D eigenvalue weighted by Gasteiger charge is -2.39. The van der Waals surface area contributed by atoms with Crippen LogP contribution in [0.1, 0.15) is 13.3 Å². The lowest BCUT2D eigenvalue weighted by Crippen LogP contribution is -2.57. The van der Waals surface area contributed by atoms with Crippen molar-refractivity contribution in [3.8, 4) is 0 Å². The predicted octanol–water partition coefficient (Wildman–Crippen LogP) is -0.565. The minimum absolute atomic E-state index is 0.131. The first kappa shape index (κ1) is 9.93. The van der Waals surface area contributed by atoms with E-state index in [1.54, 1.807) is 4.90 Å². The second-order valence-electron chi connectivity index (χ2n) is 4.59. The summed E-state index contributed by atoms with van der Waals surface area (Å²) in [7, 11) is 0. The summed E-state index contributed by atoms with van der Waals surface area (Å²) in [6.45, 7) is 5.05. The third-order valence-corrected chi connectivity index (χ3v) is 3.09. The van der Waals surface area contributed by atoms with Gasteiger partial charge in [0.05, 0.1) is 12.0 Å². The van der Waals surface area contributed by atoms with E-state index < -0.39 is 0 Å². The van der Waals surface area contributed by atoms with Gasteiger partial charge in [0.2, 0.25) is 5.91 Å². The molecule has 2 saturated heterocycles. The maximum Gasteiger partial charge on any atom is 0.227 e. The van der Waals surface area contributed by atoms with Crippen molar-refractivity contribution >= 4 is 5.91 Å². The summed E-state index contributed by atoms with van der Waals surface area (Å²) in [5.41, 5.74) is 0. The molecule has 80 valence electrons. The van der Waals surface area contributed by atoms with Crippen molar-refractivity contribution in [1.29, 1.82) is 0 Å². The third-order valence-electron chi connectivity index (χ3n) is 3.09. The highest BCUT2D eigenvalue weighted by molar-refractivity contribution is 5.80. The Balaban J connectivity index is 1.85. The number of aliphatic hydroxyl groups is 1. The molecule has 0 saturated carbocycles. The standard InChI is InChI=1S/C10H18N2O2/c1-7-2-8(4-11-3-7)10(14)12-5-9(13)6-12/h7-9,11,13H,2-6H2,1H3. The molecule has 2 rings (SSSR count). The number of amides is 1. The van der Waals surface area contributed by atoms with Crippen LogP contribution in [0.2, 0.25) is 0 Å². The fourth-order valence-corrected chi connectivity index (χ4v) is 2.24. The number of likely N-dealkylation sites (tertiary alicyclic amines) is 1. The van der Waals surface area contributed by atoms with Gasteiger partial charge in [0.25, 0.3) is 0 Å². The molecule has 2 N–H and O–H groups in total. The first-order valence-electron chi connectivity index (χ1n) is 5.34. The second kappa shape index (κ2) is 3.87. The molecule has 0 aromatic heterocycles. The Morgan fingerprint density at radius 3 is 2.71 bits per heavy atom. The van der Waals surface area contributed by atoms with Gasteiger partial charge in [-0.1, -0.05) is 6.92 Å². The van der Waals surface area contributed by atoms with E-state index in [4.69, 9.17) is 5.11 Å². The van der Waals surface area contributed by atoms with Gasteiger partial charge in [0.1, 0.15) is 0 Å². The molecule has 0 radical (unpaired) electrons. The predicted molar refractivity (Wildman–Crippen MR) is 52.7 cm³/mol. The normalized spacial score (nSPS) is 34.0. The quantitative estimate of drug-likeness (QED) is 0.593. The van der Waals surface area contributed by atoms with Gasteiger partial charge >= 0.3 is 0 Å². The number of hydrogen-bond donors (Lipinski definition) is 2. The van der Waals surface area contributed by atoms with E-state index in [1.807, 2.05) is 0 Å². The molecule has 0 aromatic carbocycles. The molecule has 0 bridgehead atoms. The summed E-state index contributed by atoms with van der Waals surface area (Å²) in [6, 6.07) is 0. The molecule has 2 unspecified atom stereocenters. The average Bonchev–Trinajstić information content (AvgIpc) is 2.12. The molecule has 2 heterocycles.